The molecule has 1 atom stereocenters. The van der Waals surface area contributed by atoms with E-state index in [-0.39, 0.29) is 24.1 Å². The number of nitrogens with zero attached hydrogens (tertiary/aromatic N) is 1. The quantitative estimate of drug-likeness (QED) is 0.643. The third-order valence-electron chi connectivity index (χ3n) is 5.58. The maximum atomic E-state index is 12.8. The summed E-state index contributed by atoms with van der Waals surface area (Å²) >= 11 is 6.12. The van der Waals surface area contributed by atoms with Crippen LogP contribution in [-0.2, 0) is 16.1 Å². The molecule has 32 heavy (non-hydrogen) atoms. The summed E-state index contributed by atoms with van der Waals surface area (Å²) in [6, 6.07) is 11.4. The first kappa shape index (κ1) is 23.8. The number of benzene rings is 2. The molecule has 1 fully saturated rings. The molecular weight excluding hydrogens is 430 g/mol. The molecule has 0 saturated carbocycles. The molecule has 1 unspecified atom stereocenters. The van der Waals surface area contributed by atoms with Crippen LogP contribution in [0.5, 0.6) is 0 Å². The minimum absolute atomic E-state index is 0.0421. The fourth-order valence-electron chi connectivity index (χ4n) is 3.84. The van der Waals surface area contributed by atoms with Crippen LogP contribution in [0.25, 0.3) is 0 Å². The second kappa shape index (κ2) is 11.1. The fourth-order valence-corrected chi connectivity index (χ4v) is 4.06. The van der Waals surface area contributed by atoms with E-state index in [1.165, 1.54) is 13.2 Å². The maximum absolute atomic E-state index is 12.8. The Morgan fingerprint density at radius 1 is 1.12 bits per heavy atom. The monoisotopic (exact) mass is 457 g/mol. The largest absolute Gasteiger partial charge is 0.465 e. The Morgan fingerprint density at radius 2 is 1.91 bits per heavy atom. The Hall–Kier alpha value is -2.90. The number of methoxy groups -OCH3 is 1. The molecule has 170 valence electrons. The molecule has 1 aliphatic rings. The van der Waals surface area contributed by atoms with Gasteiger partial charge in [-0.25, -0.2) is 4.79 Å². The number of hydrogen-bond acceptors (Lipinski definition) is 5. The van der Waals surface area contributed by atoms with Crippen LogP contribution in [0, 0.1) is 0 Å². The van der Waals surface area contributed by atoms with Gasteiger partial charge in [-0.1, -0.05) is 36.6 Å². The number of anilines is 1. The lowest BCUT2D eigenvalue weighted by molar-refractivity contribution is -0.126. The zero-order chi connectivity index (χ0) is 23.1. The third kappa shape index (κ3) is 6.08. The van der Waals surface area contributed by atoms with Crippen LogP contribution in [0.3, 0.4) is 0 Å². The lowest BCUT2D eigenvalue weighted by atomic mass is 10.1. The van der Waals surface area contributed by atoms with Gasteiger partial charge < -0.3 is 15.4 Å². The molecule has 3 rings (SSSR count). The fraction of sp³-hybridized carbons (Fsp3) is 0.375. The Bertz CT molecular complexity index is 995. The lowest BCUT2D eigenvalue weighted by Crippen LogP contribution is -2.44. The van der Waals surface area contributed by atoms with Crippen LogP contribution in [0.2, 0.25) is 5.02 Å². The Kier molecular flexibility index (Phi) is 8.25. The summed E-state index contributed by atoms with van der Waals surface area (Å²) in [6.07, 6.45) is 4.07. The molecule has 0 spiro atoms. The van der Waals surface area contributed by atoms with Gasteiger partial charge in [0, 0.05) is 12.2 Å². The van der Waals surface area contributed by atoms with Crippen molar-refractivity contribution in [3.63, 3.8) is 0 Å². The lowest BCUT2D eigenvalue weighted by Gasteiger charge is -2.24. The number of likely N-dealkylation sites (tertiary alicyclic amines) is 1. The van der Waals surface area contributed by atoms with Crippen molar-refractivity contribution in [2.75, 3.05) is 26.0 Å². The van der Waals surface area contributed by atoms with E-state index in [0.29, 0.717) is 21.8 Å². The van der Waals surface area contributed by atoms with E-state index >= 15 is 0 Å². The summed E-state index contributed by atoms with van der Waals surface area (Å²) in [6.45, 7) is 1.12. The van der Waals surface area contributed by atoms with Crippen molar-refractivity contribution in [1.29, 1.82) is 0 Å². The number of amides is 2. The summed E-state index contributed by atoms with van der Waals surface area (Å²) in [5, 5.41) is 6.07. The number of halogens is 1. The number of ether oxygens (including phenoxy) is 1. The van der Waals surface area contributed by atoms with E-state index < -0.39 is 11.9 Å². The first-order valence-corrected chi connectivity index (χ1v) is 11.0. The normalized spacial score (nSPS) is 16.7. The first-order valence-electron chi connectivity index (χ1n) is 10.6. The van der Waals surface area contributed by atoms with Crippen LogP contribution in [0.4, 0.5) is 5.69 Å². The van der Waals surface area contributed by atoms with Crippen LogP contribution < -0.4 is 10.6 Å². The Morgan fingerprint density at radius 3 is 2.66 bits per heavy atom. The highest BCUT2D eigenvalue weighted by atomic mass is 35.5. The van der Waals surface area contributed by atoms with Crippen molar-refractivity contribution in [3.8, 4) is 0 Å². The van der Waals surface area contributed by atoms with Gasteiger partial charge >= 0.3 is 5.97 Å². The van der Waals surface area contributed by atoms with Crippen LogP contribution in [0.15, 0.2) is 42.5 Å². The van der Waals surface area contributed by atoms with Gasteiger partial charge in [0.25, 0.3) is 5.91 Å². The molecule has 2 aromatic rings. The topological polar surface area (TPSA) is 87.7 Å². The van der Waals surface area contributed by atoms with Gasteiger partial charge in [0.15, 0.2) is 0 Å². The average Bonchev–Trinajstić information content (AvgIpc) is 3.01. The van der Waals surface area contributed by atoms with E-state index in [1.54, 1.807) is 36.4 Å². The van der Waals surface area contributed by atoms with Crippen LogP contribution in [0.1, 0.15) is 52.0 Å². The average molecular weight is 458 g/mol. The number of likely N-dealkylation sites (N-methyl/N-ethyl adjacent to an activating group) is 1. The minimum atomic E-state index is -0.532. The summed E-state index contributed by atoms with van der Waals surface area (Å²) in [5.74, 6) is -0.970. The molecule has 1 heterocycles. The van der Waals surface area contributed by atoms with Crippen LogP contribution in [-0.4, -0.2) is 49.4 Å². The second-order valence-electron chi connectivity index (χ2n) is 7.91. The van der Waals surface area contributed by atoms with Gasteiger partial charge in [-0.3, -0.25) is 14.5 Å². The van der Waals surface area contributed by atoms with E-state index in [1.807, 2.05) is 7.05 Å². The van der Waals surface area contributed by atoms with Crippen molar-refractivity contribution in [2.45, 2.75) is 38.3 Å². The molecule has 0 aromatic heterocycles. The van der Waals surface area contributed by atoms with E-state index in [0.717, 1.165) is 32.2 Å². The predicted molar refractivity (Wildman–Crippen MR) is 124 cm³/mol. The number of hydrogen-bond donors (Lipinski definition) is 2. The van der Waals surface area contributed by atoms with Gasteiger partial charge in [-0.05, 0) is 62.3 Å². The molecule has 0 bridgehead atoms. The smallest absolute Gasteiger partial charge is 0.337 e. The van der Waals surface area contributed by atoms with Gasteiger partial charge in [0.1, 0.15) is 0 Å². The third-order valence-corrected chi connectivity index (χ3v) is 5.91. The zero-order valence-electron chi connectivity index (χ0n) is 18.3. The predicted octanol–water partition coefficient (Wildman–Crippen LogP) is 3.87. The van der Waals surface area contributed by atoms with E-state index in [9.17, 15) is 14.4 Å². The van der Waals surface area contributed by atoms with E-state index in [2.05, 4.69) is 15.5 Å². The highest BCUT2D eigenvalue weighted by molar-refractivity contribution is 6.34. The molecule has 2 aromatic carbocycles. The van der Waals surface area contributed by atoms with Crippen LogP contribution >= 0.6 is 11.6 Å². The molecule has 0 aliphatic carbocycles. The standard InChI is InChI=1S/C24H28ClN3O4/c1-28-11-7-3-4-10-21(28)23(30)26-15-16-12-17(24(31)32-2)14-18(13-16)27-22(29)19-8-5-6-9-20(19)25/h5-6,8-9,12-14,21H,3-4,7,10-11,15H2,1-2H3,(H,26,30)(H,27,29). The highest BCUT2D eigenvalue weighted by Gasteiger charge is 2.24. The van der Waals surface area contributed by atoms with E-state index in [4.69, 9.17) is 16.3 Å². The zero-order valence-corrected chi connectivity index (χ0v) is 19.1. The second-order valence-corrected chi connectivity index (χ2v) is 8.31. The molecule has 2 amide bonds. The SMILES string of the molecule is COC(=O)c1cc(CNC(=O)C2CCCCCN2C)cc(NC(=O)c2ccccc2Cl)c1. The number of carbonyl (C=O) groups is 3. The molecule has 2 N–H and O–H groups in total. The number of carbonyl (C=O) groups excluding carboxylic acids is 3. The molecular formula is C24H28ClN3O4. The van der Waals surface area contributed by atoms with Crippen molar-refractivity contribution in [1.82, 2.24) is 10.2 Å². The number of nitrogens with one attached hydrogen (secondary N) is 2. The Labute approximate surface area is 193 Å². The Balaban J connectivity index is 1.76. The van der Waals surface area contributed by atoms with Crippen molar-refractivity contribution in [2.24, 2.45) is 0 Å². The minimum Gasteiger partial charge on any atom is -0.465 e. The maximum Gasteiger partial charge on any atom is 0.337 e. The van der Waals surface area contributed by atoms with Gasteiger partial charge in [0.2, 0.25) is 5.91 Å². The molecule has 8 heteroatoms. The van der Waals surface area contributed by atoms with Gasteiger partial charge in [-0.15, -0.1) is 0 Å². The summed E-state index contributed by atoms with van der Waals surface area (Å²) in [5.41, 5.74) is 1.69. The van der Waals surface area contributed by atoms with Gasteiger partial charge in [-0.2, -0.15) is 0 Å². The number of esters is 1. The summed E-state index contributed by atoms with van der Waals surface area (Å²) < 4.78 is 4.84. The van der Waals surface area contributed by atoms with Gasteiger partial charge in [0.05, 0.1) is 29.3 Å². The molecule has 1 aliphatic heterocycles. The summed E-state index contributed by atoms with van der Waals surface area (Å²) in [4.78, 5) is 39.6. The first-order chi connectivity index (χ1) is 15.4. The van der Waals surface area contributed by atoms with Crippen molar-refractivity contribution >= 4 is 35.1 Å². The summed E-state index contributed by atoms with van der Waals surface area (Å²) in [7, 11) is 3.26. The molecule has 1 saturated heterocycles. The number of rotatable bonds is 6. The highest BCUT2D eigenvalue weighted by Crippen LogP contribution is 2.21. The van der Waals surface area contributed by atoms with Crippen molar-refractivity contribution in [3.05, 3.63) is 64.2 Å². The molecule has 0 radical (unpaired) electrons. The van der Waals surface area contributed by atoms with Crippen molar-refractivity contribution < 1.29 is 19.1 Å². The molecule has 7 nitrogen and oxygen atoms in total.